The SMILES string of the molecule is C=C[SiH](C)N(C(C)C)[Si](C)(C)[Si](C)(C)OC. The summed E-state index contributed by atoms with van der Waals surface area (Å²) in [6.07, 6.45) is 0. The Labute approximate surface area is 105 Å². The van der Waals surface area contributed by atoms with E-state index in [1.807, 2.05) is 7.11 Å². The molecule has 0 bridgehead atoms. The van der Waals surface area contributed by atoms with Gasteiger partial charge in [-0.2, -0.15) is 0 Å². The molecule has 0 aromatic carbocycles. The Morgan fingerprint density at radius 3 is 1.94 bits per heavy atom. The van der Waals surface area contributed by atoms with Crippen LogP contribution in [-0.2, 0) is 4.43 Å². The minimum Gasteiger partial charge on any atom is -0.422 e. The average molecular weight is 276 g/mol. The number of nitrogens with zero attached hydrogens (tertiary/aromatic N) is 1. The zero-order chi connectivity index (χ0) is 13.1. The van der Waals surface area contributed by atoms with Crippen molar-refractivity contribution >= 4 is 24.5 Å². The first kappa shape index (κ1) is 16.3. The largest absolute Gasteiger partial charge is 0.422 e. The second-order valence-electron chi connectivity index (χ2n) is 5.75. The van der Waals surface area contributed by atoms with E-state index in [2.05, 4.69) is 63.1 Å². The van der Waals surface area contributed by atoms with Crippen LogP contribution >= 0.6 is 0 Å². The van der Waals surface area contributed by atoms with Crippen molar-refractivity contribution in [3.63, 3.8) is 0 Å². The highest BCUT2D eigenvalue weighted by Crippen LogP contribution is 2.26. The molecular weight excluding hydrogens is 246 g/mol. The summed E-state index contributed by atoms with van der Waals surface area (Å²) >= 11 is 0. The summed E-state index contributed by atoms with van der Waals surface area (Å²) in [7, 11) is -2.12. The predicted octanol–water partition coefficient (Wildman–Crippen LogP) is 2.91. The van der Waals surface area contributed by atoms with E-state index >= 15 is 0 Å². The van der Waals surface area contributed by atoms with Crippen LogP contribution in [-0.4, -0.2) is 41.9 Å². The van der Waals surface area contributed by atoms with E-state index in [1.54, 1.807) is 0 Å². The summed E-state index contributed by atoms with van der Waals surface area (Å²) in [5.74, 6) is 0. The van der Waals surface area contributed by atoms with E-state index in [0.717, 1.165) is 0 Å². The van der Waals surface area contributed by atoms with Crippen LogP contribution in [0.5, 0.6) is 0 Å². The zero-order valence-electron chi connectivity index (χ0n) is 12.3. The molecule has 1 atom stereocenters. The van der Waals surface area contributed by atoms with Crippen LogP contribution in [0.25, 0.3) is 0 Å². The standard InChI is InChI=1S/C11H29NOSi3/c1-10-14(5)12(11(2)3)15(6,7)16(8,9)13-4/h10-11,14H,1H2,2-9H3. The van der Waals surface area contributed by atoms with Crippen molar-refractivity contribution in [3.8, 4) is 0 Å². The highest BCUT2D eigenvalue weighted by Gasteiger charge is 2.48. The molecule has 96 valence electrons. The van der Waals surface area contributed by atoms with Gasteiger partial charge >= 0.3 is 0 Å². The Balaban J connectivity index is 5.27. The first-order chi connectivity index (χ1) is 7.11. The van der Waals surface area contributed by atoms with Gasteiger partial charge in [0.15, 0.2) is 7.83 Å². The third-order valence-electron chi connectivity index (χ3n) is 3.97. The number of hydrogen-bond donors (Lipinski definition) is 0. The van der Waals surface area contributed by atoms with E-state index in [-0.39, 0.29) is 0 Å². The Kier molecular flexibility index (Phi) is 5.88. The van der Waals surface area contributed by atoms with E-state index in [4.69, 9.17) is 4.43 Å². The van der Waals surface area contributed by atoms with Gasteiger partial charge in [-0.15, -0.1) is 6.58 Å². The first-order valence-electron chi connectivity index (χ1n) is 6.08. The summed E-state index contributed by atoms with van der Waals surface area (Å²) in [6, 6.07) is 0.614. The second-order valence-corrected chi connectivity index (χ2v) is 23.1. The van der Waals surface area contributed by atoms with Crippen molar-refractivity contribution in [1.29, 1.82) is 0 Å². The van der Waals surface area contributed by atoms with Crippen molar-refractivity contribution in [2.24, 2.45) is 0 Å². The Morgan fingerprint density at radius 1 is 1.25 bits per heavy atom. The lowest BCUT2D eigenvalue weighted by Crippen LogP contribution is -2.71. The van der Waals surface area contributed by atoms with Crippen molar-refractivity contribution < 1.29 is 4.43 Å². The number of hydrogen-bond acceptors (Lipinski definition) is 2. The topological polar surface area (TPSA) is 12.5 Å². The van der Waals surface area contributed by atoms with E-state index < -0.39 is 24.5 Å². The second kappa shape index (κ2) is 5.77. The van der Waals surface area contributed by atoms with Crippen molar-refractivity contribution in [2.75, 3.05) is 7.11 Å². The van der Waals surface area contributed by atoms with E-state index in [0.29, 0.717) is 6.04 Å². The molecular formula is C11H29NOSi3. The van der Waals surface area contributed by atoms with Gasteiger partial charge in [-0.1, -0.05) is 39.2 Å². The van der Waals surface area contributed by atoms with Crippen LogP contribution in [0, 0.1) is 0 Å². The van der Waals surface area contributed by atoms with Gasteiger partial charge in [0.05, 0.1) is 0 Å². The van der Waals surface area contributed by atoms with Gasteiger partial charge in [0.1, 0.15) is 16.7 Å². The molecule has 2 nitrogen and oxygen atoms in total. The van der Waals surface area contributed by atoms with Gasteiger partial charge < -0.3 is 8.66 Å². The maximum Gasteiger partial charge on any atom is 0.190 e. The lowest BCUT2D eigenvalue weighted by molar-refractivity contribution is 0.411. The van der Waals surface area contributed by atoms with Crippen LogP contribution < -0.4 is 0 Å². The molecule has 0 saturated heterocycles. The third-order valence-corrected chi connectivity index (χ3v) is 26.1. The molecule has 0 N–H and O–H groups in total. The highest BCUT2D eigenvalue weighted by atomic mass is 29.3. The molecule has 0 fully saturated rings. The lowest BCUT2D eigenvalue weighted by atomic mass is 10.4. The monoisotopic (exact) mass is 275 g/mol. The fraction of sp³-hybridized carbons (Fsp3) is 0.818. The van der Waals surface area contributed by atoms with Crippen molar-refractivity contribution in [1.82, 2.24) is 4.23 Å². The van der Waals surface area contributed by atoms with Gasteiger partial charge in [-0.25, -0.2) is 0 Å². The average Bonchev–Trinajstić information content (AvgIpc) is 2.16. The van der Waals surface area contributed by atoms with Gasteiger partial charge in [-0.05, 0) is 19.1 Å². The minimum atomic E-state index is -1.56. The fourth-order valence-electron chi connectivity index (χ4n) is 2.30. The highest BCUT2D eigenvalue weighted by molar-refractivity contribution is 7.38. The molecule has 0 heterocycles. The summed E-state index contributed by atoms with van der Waals surface area (Å²) in [5, 5.41) is 0. The molecule has 0 radical (unpaired) electrons. The fourth-order valence-corrected chi connectivity index (χ4v) is 19.0. The molecule has 0 aliphatic rings. The molecule has 0 aliphatic carbocycles. The van der Waals surface area contributed by atoms with Gasteiger partial charge in [0, 0.05) is 7.11 Å². The van der Waals surface area contributed by atoms with Crippen LogP contribution in [0.1, 0.15) is 13.8 Å². The first-order valence-corrected chi connectivity index (χ1v) is 15.3. The van der Waals surface area contributed by atoms with Crippen LogP contribution in [0.2, 0.25) is 32.7 Å². The molecule has 0 aromatic heterocycles. The van der Waals surface area contributed by atoms with Gasteiger partial charge in [0.2, 0.25) is 0 Å². The Bertz CT molecular complexity index is 241. The van der Waals surface area contributed by atoms with Gasteiger partial charge in [0.25, 0.3) is 0 Å². The van der Waals surface area contributed by atoms with Crippen molar-refractivity contribution in [3.05, 3.63) is 12.3 Å². The maximum absolute atomic E-state index is 5.88. The normalized spacial score (nSPS) is 15.6. The minimum absolute atomic E-state index is 0.614. The molecule has 0 rings (SSSR count). The summed E-state index contributed by atoms with van der Waals surface area (Å²) in [5.41, 5.74) is 2.19. The van der Waals surface area contributed by atoms with E-state index in [9.17, 15) is 0 Å². The zero-order valence-corrected chi connectivity index (χ0v) is 15.4. The number of rotatable bonds is 6. The van der Waals surface area contributed by atoms with Crippen LogP contribution in [0.15, 0.2) is 12.3 Å². The summed E-state index contributed by atoms with van der Waals surface area (Å²) in [6.45, 7) is 20.6. The predicted molar refractivity (Wildman–Crippen MR) is 82.2 cm³/mol. The van der Waals surface area contributed by atoms with E-state index in [1.165, 1.54) is 0 Å². The molecule has 0 saturated carbocycles. The quantitative estimate of drug-likeness (QED) is 0.691. The summed E-state index contributed by atoms with van der Waals surface area (Å²) in [4.78, 5) is 0. The molecule has 16 heavy (non-hydrogen) atoms. The smallest absolute Gasteiger partial charge is 0.190 e. The molecule has 0 spiro atoms. The van der Waals surface area contributed by atoms with Gasteiger partial charge in [-0.3, -0.25) is 0 Å². The Hall–Kier alpha value is 0.311. The van der Waals surface area contributed by atoms with Crippen molar-refractivity contribution in [2.45, 2.75) is 52.6 Å². The molecule has 5 heteroatoms. The maximum atomic E-state index is 5.88. The van der Waals surface area contributed by atoms with Crippen LogP contribution in [0.3, 0.4) is 0 Å². The summed E-state index contributed by atoms with van der Waals surface area (Å²) < 4.78 is 8.66. The molecule has 0 aliphatic heterocycles. The molecule has 1 unspecified atom stereocenters. The molecule has 0 amide bonds. The Morgan fingerprint density at radius 2 is 1.69 bits per heavy atom. The van der Waals surface area contributed by atoms with Crippen LogP contribution in [0.4, 0.5) is 0 Å². The third kappa shape index (κ3) is 3.16. The molecule has 0 aromatic rings. The lowest BCUT2D eigenvalue weighted by Gasteiger charge is -2.49.